The topological polar surface area (TPSA) is 54.2 Å². The Morgan fingerprint density at radius 1 is 1.40 bits per heavy atom. The maximum Gasteiger partial charge on any atom is 0.191 e. The number of halogens is 1. The third-order valence-corrected chi connectivity index (χ3v) is 4.62. The van der Waals surface area contributed by atoms with Crippen molar-refractivity contribution < 1.29 is 0 Å². The highest BCUT2D eigenvalue weighted by atomic mass is 127. The van der Waals surface area contributed by atoms with Crippen molar-refractivity contribution in [3.8, 4) is 5.69 Å². The van der Waals surface area contributed by atoms with Crippen LogP contribution in [0.4, 0.5) is 0 Å². The molecule has 0 bridgehead atoms. The Labute approximate surface area is 167 Å². The largest absolute Gasteiger partial charge is 0.353 e. The molecule has 3 atom stereocenters. The highest BCUT2D eigenvalue weighted by Gasteiger charge is 2.36. The zero-order chi connectivity index (χ0) is 16.9. The van der Waals surface area contributed by atoms with Crippen LogP contribution in [0.15, 0.2) is 47.7 Å². The van der Waals surface area contributed by atoms with Crippen LogP contribution < -0.4 is 10.6 Å². The van der Waals surface area contributed by atoms with Gasteiger partial charge in [-0.05, 0) is 49.4 Å². The van der Waals surface area contributed by atoms with Gasteiger partial charge in [-0.15, -0.1) is 24.0 Å². The number of aliphatic imine (C=N–C) groups is 1. The van der Waals surface area contributed by atoms with Gasteiger partial charge >= 0.3 is 0 Å². The van der Waals surface area contributed by atoms with Gasteiger partial charge in [-0.1, -0.05) is 25.5 Å². The Kier molecular flexibility index (Phi) is 7.28. The number of nitrogens with zero attached hydrogens (tertiary/aromatic N) is 3. The van der Waals surface area contributed by atoms with Gasteiger partial charge in [0.15, 0.2) is 5.96 Å². The standard InChI is InChI=1S/C19H27N5.HI/c1-4-7-16-13-18(16)23-19(20-3)22-14(2)15-8-5-9-17(12-15)24-11-6-10-21-24;/h5-6,8-12,14,16,18H,4,7,13H2,1-3H3,(H2,20,22,23);1H. The summed E-state index contributed by atoms with van der Waals surface area (Å²) in [6, 6.07) is 11.1. The molecule has 25 heavy (non-hydrogen) atoms. The van der Waals surface area contributed by atoms with Crippen molar-refractivity contribution >= 4 is 29.9 Å². The molecule has 136 valence electrons. The molecule has 2 aromatic rings. The smallest absolute Gasteiger partial charge is 0.191 e. The quantitative estimate of drug-likeness (QED) is 0.396. The van der Waals surface area contributed by atoms with E-state index in [9.17, 15) is 0 Å². The van der Waals surface area contributed by atoms with E-state index in [-0.39, 0.29) is 30.0 Å². The first-order chi connectivity index (χ1) is 11.7. The van der Waals surface area contributed by atoms with E-state index in [0.717, 1.165) is 17.6 Å². The van der Waals surface area contributed by atoms with Gasteiger partial charge in [-0.2, -0.15) is 5.10 Å². The summed E-state index contributed by atoms with van der Waals surface area (Å²) in [5.41, 5.74) is 2.28. The summed E-state index contributed by atoms with van der Waals surface area (Å²) in [6.07, 6.45) is 7.57. The summed E-state index contributed by atoms with van der Waals surface area (Å²) in [5, 5.41) is 11.3. The maximum atomic E-state index is 4.38. The predicted octanol–water partition coefficient (Wildman–Crippen LogP) is 3.90. The molecule has 1 aliphatic carbocycles. The molecule has 5 nitrogen and oxygen atoms in total. The van der Waals surface area contributed by atoms with Crippen molar-refractivity contribution in [1.82, 2.24) is 20.4 Å². The van der Waals surface area contributed by atoms with Crippen LogP contribution >= 0.6 is 24.0 Å². The van der Waals surface area contributed by atoms with Crippen molar-refractivity contribution in [2.45, 2.75) is 45.2 Å². The lowest BCUT2D eigenvalue weighted by molar-refractivity contribution is 0.639. The summed E-state index contributed by atoms with van der Waals surface area (Å²) >= 11 is 0. The number of hydrogen-bond acceptors (Lipinski definition) is 2. The van der Waals surface area contributed by atoms with E-state index in [1.165, 1.54) is 24.8 Å². The fourth-order valence-corrected chi connectivity index (χ4v) is 3.11. The molecule has 1 aliphatic rings. The molecule has 3 unspecified atom stereocenters. The van der Waals surface area contributed by atoms with Gasteiger partial charge in [0.25, 0.3) is 0 Å². The predicted molar refractivity (Wildman–Crippen MR) is 114 cm³/mol. The molecule has 3 rings (SSSR count). The van der Waals surface area contributed by atoms with Crippen molar-refractivity contribution in [2.24, 2.45) is 10.9 Å². The molecule has 0 amide bonds. The van der Waals surface area contributed by atoms with Crippen molar-refractivity contribution in [3.05, 3.63) is 48.3 Å². The molecular weight excluding hydrogens is 425 g/mol. The molecule has 0 aliphatic heterocycles. The fourth-order valence-electron chi connectivity index (χ4n) is 3.11. The van der Waals surface area contributed by atoms with Crippen LogP contribution in [0.3, 0.4) is 0 Å². The van der Waals surface area contributed by atoms with E-state index in [1.54, 1.807) is 6.20 Å². The van der Waals surface area contributed by atoms with Crippen LogP contribution in [-0.2, 0) is 0 Å². The van der Waals surface area contributed by atoms with Crippen LogP contribution in [0.5, 0.6) is 0 Å². The molecule has 2 N–H and O–H groups in total. The second kappa shape index (κ2) is 9.22. The highest BCUT2D eigenvalue weighted by Crippen LogP contribution is 2.34. The van der Waals surface area contributed by atoms with Crippen LogP contribution in [0, 0.1) is 5.92 Å². The lowest BCUT2D eigenvalue weighted by atomic mass is 10.1. The van der Waals surface area contributed by atoms with E-state index >= 15 is 0 Å². The first-order valence-corrected chi connectivity index (χ1v) is 8.81. The summed E-state index contributed by atoms with van der Waals surface area (Å²) in [6.45, 7) is 4.41. The van der Waals surface area contributed by atoms with Crippen LogP contribution in [0.1, 0.15) is 44.7 Å². The van der Waals surface area contributed by atoms with E-state index in [2.05, 4.69) is 58.8 Å². The number of benzene rings is 1. The van der Waals surface area contributed by atoms with Gasteiger partial charge in [0.05, 0.1) is 11.7 Å². The molecule has 0 saturated heterocycles. The molecule has 1 aromatic carbocycles. The van der Waals surface area contributed by atoms with Gasteiger partial charge < -0.3 is 10.6 Å². The Bertz CT molecular complexity index is 683. The number of hydrogen-bond donors (Lipinski definition) is 2. The van der Waals surface area contributed by atoms with Gasteiger partial charge in [0, 0.05) is 25.5 Å². The fraction of sp³-hybridized carbons (Fsp3) is 0.474. The second-order valence-electron chi connectivity index (χ2n) is 6.52. The number of nitrogens with one attached hydrogen (secondary N) is 2. The molecular formula is C19H28IN5. The number of aromatic nitrogens is 2. The van der Waals surface area contributed by atoms with Crippen molar-refractivity contribution in [1.29, 1.82) is 0 Å². The SMILES string of the molecule is CCCC1CC1NC(=NC)NC(C)c1cccc(-n2cccn2)c1.I. The normalized spacial score (nSPS) is 20.5. The van der Waals surface area contributed by atoms with E-state index in [1.807, 2.05) is 24.0 Å². The monoisotopic (exact) mass is 453 g/mol. The minimum atomic E-state index is 0. The first-order valence-electron chi connectivity index (χ1n) is 8.81. The third-order valence-electron chi connectivity index (χ3n) is 4.62. The van der Waals surface area contributed by atoms with Crippen LogP contribution in [-0.4, -0.2) is 28.8 Å². The first kappa shape index (κ1) is 19.8. The van der Waals surface area contributed by atoms with Gasteiger partial charge in [0.1, 0.15) is 0 Å². The lowest BCUT2D eigenvalue weighted by Crippen LogP contribution is -2.40. The molecule has 1 saturated carbocycles. The Morgan fingerprint density at radius 3 is 2.92 bits per heavy atom. The summed E-state index contributed by atoms with van der Waals surface area (Å²) in [7, 11) is 1.83. The highest BCUT2D eigenvalue weighted by molar-refractivity contribution is 14.0. The maximum absolute atomic E-state index is 4.38. The van der Waals surface area contributed by atoms with Crippen LogP contribution in [0.2, 0.25) is 0 Å². The van der Waals surface area contributed by atoms with E-state index in [4.69, 9.17) is 0 Å². The van der Waals surface area contributed by atoms with Crippen molar-refractivity contribution in [3.63, 3.8) is 0 Å². The molecule has 1 fully saturated rings. The van der Waals surface area contributed by atoms with Crippen LogP contribution in [0.25, 0.3) is 5.69 Å². The van der Waals surface area contributed by atoms with Gasteiger partial charge in [0.2, 0.25) is 0 Å². The zero-order valence-electron chi connectivity index (χ0n) is 15.1. The van der Waals surface area contributed by atoms with Gasteiger partial charge in [-0.25, -0.2) is 4.68 Å². The summed E-state index contributed by atoms with van der Waals surface area (Å²) in [4.78, 5) is 4.38. The molecule has 0 spiro atoms. The number of rotatable bonds is 6. The Balaban J connectivity index is 0.00000225. The average Bonchev–Trinajstić information content (AvgIpc) is 3.11. The summed E-state index contributed by atoms with van der Waals surface area (Å²) in [5.74, 6) is 1.70. The zero-order valence-corrected chi connectivity index (χ0v) is 17.5. The third kappa shape index (κ3) is 5.20. The lowest BCUT2D eigenvalue weighted by Gasteiger charge is -2.19. The molecule has 0 radical (unpaired) electrons. The molecule has 1 heterocycles. The molecule has 6 heteroatoms. The minimum Gasteiger partial charge on any atom is -0.353 e. The van der Waals surface area contributed by atoms with Crippen molar-refractivity contribution in [2.75, 3.05) is 7.05 Å². The number of guanidine groups is 1. The second-order valence-corrected chi connectivity index (χ2v) is 6.52. The van der Waals surface area contributed by atoms with E-state index in [0.29, 0.717) is 6.04 Å². The Morgan fingerprint density at radius 2 is 2.24 bits per heavy atom. The summed E-state index contributed by atoms with van der Waals surface area (Å²) < 4.78 is 1.88. The van der Waals surface area contributed by atoms with Gasteiger partial charge in [-0.3, -0.25) is 4.99 Å². The van der Waals surface area contributed by atoms with E-state index < -0.39 is 0 Å². The average molecular weight is 453 g/mol. The Hall–Kier alpha value is -1.57. The minimum absolute atomic E-state index is 0. The molecule has 1 aromatic heterocycles.